The minimum Gasteiger partial charge on any atom is -0.299 e. The molecule has 4 amide bonds. The summed E-state index contributed by atoms with van der Waals surface area (Å²) in [5.41, 5.74) is -1.16. The van der Waals surface area contributed by atoms with Crippen molar-refractivity contribution < 1.29 is 14.4 Å². The number of likely N-dealkylation sites (N-methyl/N-ethyl adjacent to an activating group) is 1. The van der Waals surface area contributed by atoms with Crippen LogP contribution in [-0.2, 0) is 9.59 Å². The van der Waals surface area contributed by atoms with Crippen LogP contribution >= 0.6 is 0 Å². The van der Waals surface area contributed by atoms with Gasteiger partial charge < -0.3 is 0 Å². The van der Waals surface area contributed by atoms with Gasteiger partial charge in [-0.2, -0.15) is 0 Å². The smallest absolute Gasteiger partial charge is 0.299 e. The Morgan fingerprint density at radius 3 is 2.63 bits per heavy atom. The van der Waals surface area contributed by atoms with Crippen molar-refractivity contribution in [2.75, 3.05) is 19.6 Å². The zero-order valence-electron chi connectivity index (χ0n) is 11.7. The lowest BCUT2D eigenvalue weighted by Crippen LogP contribution is -2.63. The maximum absolute atomic E-state index is 12.3. The van der Waals surface area contributed by atoms with Crippen LogP contribution in [0.3, 0.4) is 0 Å². The van der Waals surface area contributed by atoms with Gasteiger partial charge in [-0.1, -0.05) is 6.92 Å². The van der Waals surface area contributed by atoms with Crippen LogP contribution in [0.2, 0.25) is 0 Å². The van der Waals surface area contributed by atoms with Gasteiger partial charge >= 0.3 is 6.03 Å². The highest BCUT2D eigenvalue weighted by molar-refractivity contribution is 6.18. The van der Waals surface area contributed by atoms with Crippen molar-refractivity contribution in [3.05, 3.63) is 0 Å². The van der Waals surface area contributed by atoms with Gasteiger partial charge in [0.15, 0.2) is 0 Å². The number of hydrogen-bond donors (Lipinski definition) is 1. The first kappa shape index (κ1) is 14.0. The molecule has 0 aromatic carbocycles. The maximum atomic E-state index is 12.3. The van der Waals surface area contributed by atoms with Gasteiger partial charge in [0.25, 0.3) is 0 Å². The molecule has 2 aliphatic rings. The van der Waals surface area contributed by atoms with Crippen molar-refractivity contribution >= 4 is 17.8 Å². The SMILES string of the molecule is CCN1CCCC1CN1C(=O)NC(=O)C(C)(C)C1=O. The van der Waals surface area contributed by atoms with Crippen LogP contribution in [-0.4, -0.2) is 53.3 Å². The Balaban J connectivity index is 2.13. The lowest BCUT2D eigenvalue weighted by Gasteiger charge is -2.37. The molecule has 1 atom stereocenters. The largest absolute Gasteiger partial charge is 0.330 e. The molecule has 0 aromatic rings. The Bertz CT molecular complexity index is 419. The number of urea groups is 1. The number of imide groups is 2. The minimum absolute atomic E-state index is 0.212. The molecular weight excluding hydrogens is 246 g/mol. The van der Waals surface area contributed by atoms with Crippen molar-refractivity contribution in [3.8, 4) is 0 Å². The van der Waals surface area contributed by atoms with Crippen molar-refractivity contribution in [3.63, 3.8) is 0 Å². The molecular formula is C13H21N3O3. The number of nitrogens with one attached hydrogen (secondary N) is 1. The quantitative estimate of drug-likeness (QED) is 0.759. The molecule has 0 bridgehead atoms. The molecule has 2 fully saturated rings. The van der Waals surface area contributed by atoms with Crippen molar-refractivity contribution in [1.82, 2.24) is 15.1 Å². The van der Waals surface area contributed by atoms with Crippen LogP contribution in [0.5, 0.6) is 0 Å². The van der Waals surface area contributed by atoms with Crippen molar-refractivity contribution in [2.45, 2.75) is 39.7 Å². The molecule has 2 rings (SSSR count). The van der Waals surface area contributed by atoms with E-state index in [1.54, 1.807) is 13.8 Å². The lowest BCUT2D eigenvalue weighted by atomic mass is 9.88. The van der Waals surface area contributed by atoms with Crippen LogP contribution in [0.4, 0.5) is 4.79 Å². The second kappa shape index (κ2) is 4.92. The first-order chi connectivity index (χ1) is 8.87. The third-order valence-corrected chi connectivity index (χ3v) is 4.11. The Morgan fingerprint density at radius 1 is 1.32 bits per heavy atom. The van der Waals surface area contributed by atoms with E-state index in [2.05, 4.69) is 17.1 Å². The van der Waals surface area contributed by atoms with E-state index >= 15 is 0 Å². The highest BCUT2D eigenvalue weighted by Crippen LogP contribution is 2.25. The fraction of sp³-hybridized carbons (Fsp3) is 0.769. The molecule has 0 saturated carbocycles. The second-order valence-electron chi connectivity index (χ2n) is 5.72. The molecule has 0 aromatic heterocycles. The fourth-order valence-corrected chi connectivity index (χ4v) is 2.74. The van der Waals surface area contributed by atoms with E-state index in [9.17, 15) is 14.4 Å². The standard InChI is InChI=1S/C13H21N3O3/c1-4-15-7-5-6-9(15)8-16-11(18)13(2,3)10(17)14-12(16)19/h9H,4-8H2,1-3H3,(H,14,17,19). The lowest BCUT2D eigenvalue weighted by molar-refractivity contribution is -0.149. The summed E-state index contributed by atoms with van der Waals surface area (Å²) in [4.78, 5) is 39.2. The first-order valence-corrected chi connectivity index (χ1v) is 6.79. The molecule has 19 heavy (non-hydrogen) atoms. The third kappa shape index (κ3) is 2.36. The highest BCUT2D eigenvalue weighted by Gasteiger charge is 2.47. The van der Waals surface area contributed by atoms with E-state index in [4.69, 9.17) is 0 Å². The fourth-order valence-electron chi connectivity index (χ4n) is 2.74. The van der Waals surface area contributed by atoms with Crippen LogP contribution in [0.1, 0.15) is 33.6 Å². The van der Waals surface area contributed by atoms with E-state index < -0.39 is 23.3 Å². The molecule has 0 aliphatic carbocycles. The van der Waals surface area contributed by atoms with Gasteiger partial charge in [-0.3, -0.25) is 24.7 Å². The van der Waals surface area contributed by atoms with Crippen LogP contribution < -0.4 is 5.32 Å². The van der Waals surface area contributed by atoms with Gasteiger partial charge in [-0.25, -0.2) is 4.79 Å². The average molecular weight is 267 g/mol. The van der Waals surface area contributed by atoms with E-state index in [0.29, 0.717) is 6.54 Å². The van der Waals surface area contributed by atoms with Gasteiger partial charge in [0.05, 0.1) is 0 Å². The average Bonchev–Trinajstić information content (AvgIpc) is 2.80. The number of hydrogen-bond acceptors (Lipinski definition) is 4. The van der Waals surface area contributed by atoms with Crippen LogP contribution in [0.15, 0.2) is 0 Å². The summed E-state index contributed by atoms with van der Waals surface area (Å²) in [7, 11) is 0. The molecule has 2 heterocycles. The number of carbonyl (C=O) groups is 3. The number of likely N-dealkylation sites (tertiary alicyclic amines) is 1. The van der Waals surface area contributed by atoms with Crippen LogP contribution in [0.25, 0.3) is 0 Å². The first-order valence-electron chi connectivity index (χ1n) is 6.79. The predicted molar refractivity (Wildman–Crippen MR) is 69.3 cm³/mol. The van der Waals surface area contributed by atoms with Gasteiger partial charge in [0.2, 0.25) is 11.8 Å². The number of amides is 4. The Morgan fingerprint density at radius 2 is 2.00 bits per heavy atom. The van der Waals surface area contributed by atoms with Gasteiger partial charge in [0.1, 0.15) is 5.41 Å². The van der Waals surface area contributed by atoms with E-state index in [1.165, 1.54) is 4.90 Å². The monoisotopic (exact) mass is 267 g/mol. The number of barbiturate groups is 1. The van der Waals surface area contributed by atoms with E-state index in [0.717, 1.165) is 25.9 Å². The van der Waals surface area contributed by atoms with E-state index in [1.807, 2.05) is 0 Å². The molecule has 2 saturated heterocycles. The van der Waals surface area contributed by atoms with Gasteiger partial charge in [-0.05, 0) is 39.8 Å². The normalized spacial score (nSPS) is 27.8. The van der Waals surface area contributed by atoms with Crippen molar-refractivity contribution in [1.29, 1.82) is 0 Å². The van der Waals surface area contributed by atoms with E-state index in [-0.39, 0.29) is 6.04 Å². The molecule has 0 radical (unpaired) electrons. The summed E-state index contributed by atoms with van der Waals surface area (Å²) in [6.45, 7) is 7.47. The summed E-state index contributed by atoms with van der Waals surface area (Å²) < 4.78 is 0. The summed E-state index contributed by atoms with van der Waals surface area (Å²) >= 11 is 0. The molecule has 6 nitrogen and oxygen atoms in total. The minimum atomic E-state index is -1.16. The number of nitrogens with zero attached hydrogens (tertiary/aromatic N) is 2. The Hall–Kier alpha value is -1.43. The second-order valence-corrected chi connectivity index (χ2v) is 5.72. The zero-order chi connectivity index (χ0) is 14.2. The molecule has 1 N–H and O–H groups in total. The topological polar surface area (TPSA) is 69.7 Å². The summed E-state index contributed by atoms with van der Waals surface area (Å²) in [5, 5.41) is 2.27. The molecule has 0 spiro atoms. The summed E-state index contributed by atoms with van der Waals surface area (Å²) in [5.74, 6) is -0.915. The summed E-state index contributed by atoms with van der Waals surface area (Å²) in [6.07, 6.45) is 2.07. The van der Waals surface area contributed by atoms with Crippen molar-refractivity contribution in [2.24, 2.45) is 5.41 Å². The number of carbonyl (C=O) groups excluding carboxylic acids is 3. The molecule has 6 heteroatoms. The Labute approximate surface area is 113 Å². The molecule has 106 valence electrons. The number of rotatable bonds is 3. The summed E-state index contributed by atoms with van der Waals surface area (Å²) in [6, 6.07) is -0.374. The predicted octanol–water partition coefficient (Wildman–Crippen LogP) is 0.575. The third-order valence-electron chi connectivity index (χ3n) is 4.11. The Kier molecular flexibility index (Phi) is 3.62. The van der Waals surface area contributed by atoms with Gasteiger partial charge in [0, 0.05) is 12.6 Å². The van der Waals surface area contributed by atoms with Crippen LogP contribution in [0, 0.1) is 5.41 Å². The highest BCUT2D eigenvalue weighted by atomic mass is 16.2. The molecule has 1 unspecified atom stereocenters. The van der Waals surface area contributed by atoms with Gasteiger partial charge in [-0.15, -0.1) is 0 Å². The maximum Gasteiger partial charge on any atom is 0.330 e. The zero-order valence-corrected chi connectivity index (χ0v) is 11.7. The molecule has 2 aliphatic heterocycles.